The highest BCUT2D eigenvalue weighted by Crippen LogP contribution is 2.42. The predicted octanol–water partition coefficient (Wildman–Crippen LogP) is 4.54. The zero-order valence-electron chi connectivity index (χ0n) is 19.4. The predicted molar refractivity (Wildman–Crippen MR) is 128 cm³/mol. The van der Waals surface area contributed by atoms with Crippen LogP contribution in [0.2, 0.25) is 0 Å². The van der Waals surface area contributed by atoms with E-state index in [1.54, 1.807) is 24.3 Å². The van der Waals surface area contributed by atoms with Crippen LogP contribution in [0.3, 0.4) is 0 Å². The Morgan fingerprint density at radius 1 is 0.943 bits per heavy atom. The van der Waals surface area contributed by atoms with Crippen LogP contribution < -0.4 is 9.84 Å². The molecule has 0 aliphatic heterocycles. The van der Waals surface area contributed by atoms with E-state index >= 15 is 0 Å². The fourth-order valence-corrected chi connectivity index (χ4v) is 4.50. The highest BCUT2D eigenvalue weighted by Gasteiger charge is 2.20. The number of carbonyl (C=O) groups is 1. The first kappa shape index (κ1) is 26.7. The van der Waals surface area contributed by atoms with Gasteiger partial charge in [-0.1, -0.05) is 37.7 Å². The molecule has 1 unspecified atom stereocenters. The molecule has 0 aliphatic carbocycles. The maximum Gasteiger partial charge on any atom is 0.130 e. The third kappa shape index (κ3) is 7.78. The fraction of sp³-hybridized carbons (Fsp3) is 0.296. The molecule has 2 atom stereocenters. The first-order valence-electron chi connectivity index (χ1n) is 11.2. The molecule has 0 bridgehead atoms. The van der Waals surface area contributed by atoms with Crippen LogP contribution in [0.1, 0.15) is 38.2 Å². The van der Waals surface area contributed by atoms with Crippen molar-refractivity contribution in [3.05, 3.63) is 77.9 Å². The minimum atomic E-state index is -1.40. The molecule has 0 amide bonds. The quantitative estimate of drug-likeness (QED) is 0.401. The topological polar surface area (TPSA) is 89.8 Å². The number of rotatable bonds is 11. The maximum atomic E-state index is 13.6. The van der Waals surface area contributed by atoms with E-state index in [1.807, 2.05) is 26.0 Å². The van der Waals surface area contributed by atoms with Crippen molar-refractivity contribution in [2.75, 3.05) is 6.61 Å². The van der Waals surface area contributed by atoms with Gasteiger partial charge in [-0.05, 0) is 65.6 Å². The van der Waals surface area contributed by atoms with Gasteiger partial charge in [0.25, 0.3) is 0 Å². The molecule has 3 rings (SSSR count). The average Bonchev–Trinajstić information content (AvgIpc) is 2.79. The van der Waals surface area contributed by atoms with E-state index in [4.69, 9.17) is 4.74 Å². The molecular weight excluding hydrogens is 474 g/mol. The van der Waals surface area contributed by atoms with Crippen molar-refractivity contribution in [3.63, 3.8) is 0 Å². The number of hydrogen-bond donors (Lipinski definition) is 2. The smallest absolute Gasteiger partial charge is 0.130 e. The van der Waals surface area contributed by atoms with Gasteiger partial charge in [-0.25, -0.2) is 8.78 Å². The van der Waals surface area contributed by atoms with Crippen LogP contribution in [-0.4, -0.2) is 35.0 Å². The summed E-state index contributed by atoms with van der Waals surface area (Å²) >= 11 is 1.45. The molecule has 0 heterocycles. The number of aliphatic hydroxyl groups excluding tert-OH is 2. The Bertz CT molecular complexity index is 1130. The highest BCUT2D eigenvalue weighted by molar-refractivity contribution is 7.99. The summed E-state index contributed by atoms with van der Waals surface area (Å²) in [5.41, 5.74) is 2.23. The van der Waals surface area contributed by atoms with Gasteiger partial charge in [0.15, 0.2) is 0 Å². The largest absolute Gasteiger partial charge is 0.550 e. The molecule has 0 aliphatic rings. The number of carboxylic acid groups (broad SMARTS) is 1. The number of benzene rings is 3. The Hall–Kier alpha value is -2.94. The number of hydrogen-bond acceptors (Lipinski definition) is 6. The van der Waals surface area contributed by atoms with Gasteiger partial charge in [0.2, 0.25) is 0 Å². The fourth-order valence-electron chi connectivity index (χ4n) is 3.59. The molecule has 0 saturated carbocycles. The van der Waals surface area contributed by atoms with Gasteiger partial charge in [0.1, 0.15) is 24.0 Å². The lowest BCUT2D eigenvalue weighted by Crippen LogP contribution is -2.31. The Kier molecular flexibility index (Phi) is 9.26. The third-order valence-corrected chi connectivity index (χ3v) is 6.26. The molecular formula is C27H27F2O5S-. The lowest BCUT2D eigenvalue weighted by atomic mass is 9.95. The minimum Gasteiger partial charge on any atom is -0.550 e. The number of aliphatic hydroxyl groups is 2. The summed E-state index contributed by atoms with van der Waals surface area (Å²) < 4.78 is 33.0. The molecule has 0 radical (unpaired) electrons. The van der Waals surface area contributed by atoms with Crippen molar-refractivity contribution in [3.8, 4) is 16.9 Å². The van der Waals surface area contributed by atoms with Gasteiger partial charge in [0, 0.05) is 34.2 Å². The first-order valence-corrected chi connectivity index (χ1v) is 12.0. The Balaban J connectivity index is 1.95. The molecule has 3 aromatic rings. The summed E-state index contributed by atoms with van der Waals surface area (Å²) in [4.78, 5) is 12.4. The third-order valence-electron chi connectivity index (χ3n) is 5.28. The van der Waals surface area contributed by atoms with Crippen LogP contribution in [0, 0.1) is 11.6 Å². The number of ether oxygens (including phenoxy) is 1. The van der Waals surface area contributed by atoms with Gasteiger partial charge < -0.3 is 24.9 Å². The molecule has 8 heteroatoms. The van der Waals surface area contributed by atoms with E-state index in [9.17, 15) is 28.9 Å². The van der Waals surface area contributed by atoms with Gasteiger partial charge in [0.05, 0.1) is 12.2 Å². The second kappa shape index (κ2) is 12.2. The van der Waals surface area contributed by atoms with E-state index in [1.165, 1.54) is 36.0 Å². The van der Waals surface area contributed by atoms with E-state index in [0.717, 1.165) is 15.4 Å². The highest BCUT2D eigenvalue weighted by atomic mass is 32.2. The van der Waals surface area contributed by atoms with Gasteiger partial charge in [-0.2, -0.15) is 0 Å². The SMILES string of the molecule is CC(C)c1cc(Sc2ccc(F)cc2)cc(-c2ccc(F)cc2)c1OCC(O)C[C@@H](O)CC(=O)[O-]. The van der Waals surface area contributed by atoms with Gasteiger partial charge in [-0.3, -0.25) is 0 Å². The molecule has 0 spiro atoms. The summed E-state index contributed by atoms with van der Waals surface area (Å²) in [6.07, 6.45) is -3.13. The van der Waals surface area contributed by atoms with Crippen molar-refractivity contribution in [2.24, 2.45) is 0 Å². The summed E-state index contributed by atoms with van der Waals surface area (Å²) in [6, 6.07) is 16.0. The summed E-state index contributed by atoms with van der Waals surface area (Å²) in [5, 5.41) is 30.8. The van der Waals surface area contributed by atoms with Crippen LogP contribution in [0.25, 0.3) is 11.1 Å². The second-order valence-electron chi connectivity index (χ2n) is 8.54. The van der Waals surface area contributed by atoms with E-state index in [0.29, 0.717) is 16.9 Å². The van der Waals surface area contributed by atoms with Crippen molar-refractivity contribution < 1.29 is 33.6 Å². The monoisotopic (exact) mass is 501 g/mol. The van der Waals surface area contributed by atoms with Crippen molar-refractivity contribution in [1.82, 2.24) is 0 Å². The standard InChI is InChI=1S/C27H28F2O5S/c1-16(2)24-13-23(35-22-9-7-19(29)8-10-22)14-25(17-3-5-18(28)6-4-17)27(24)34-15-21(31)11-20(30)12-26(32)33/h3-10,13-14,16,20-21,30-31H,11-12,15H2,1-2H3,(H,32,33)/p-1/t20-,21?/m1/s1. The number of carboxylic acids is 1. The average molecular weight is 502 g/mol. The van der Waals surface area contributed by atoms with Crippen LogP contribution in [0.5, 0.6) is 5.75 Å². The molecule has 186 valence electrons. The Morgan fingerprint density at radius 3 is 2.11 bits per heavy atom. The van der Waals surface area contributed by atoms with Crippen molar-refractivity contribution in [1.29, 1.82) is 0 Å². The molecule has 2 N–H and O–H groups in total. The van der Waals surface area contributed by atoms with Crippen LogP contribution in [-0.2, 0) is 4.79 Å². The zero-order valence-corrected chi connectivity index (χ0v) is 20.2. The van der Waals surface area contributed by atoms with Gasteiger partial charge in [-0.15, -0.1) is 0 Å². The van der Waals surface area contributed by atoms with Crippen LogP contribution in [0.15, 0.2) is 70.5 Å². The second-order valence-corrected chi connectivity index (χ2v) is 9.68. The first-order chi connectivity index (χ1) is 16.6. The summed E-state index contributed by atoms with van der Waals surface area (Å²) in [7, 11) is 0. The maximum absolute atomic E-state index is 13.6. The lowest BCUT2D eigenvalue weighted by Gasteiger charge is -2.22. The van der Waals surface area contributed by atoms with E-state index < -0.39 is 24.6 Å². The Morgan fingerprint density at radius 2 is 1.54 bits per heavy atom. The summed E-state index contributed by atoms with van der Waals surface area (Å²) in [6.45, 7) is 3.80. The molecule has 0 aromatic heterocycles. The lowest BCUT2D eigenvalue weighted by molar-refractivity contribution is -0.307. The van der Waals surface area contributed by atoms with Crippen molar-refractivity contribution >= 4 is 17.7 Å². The molecule has 0 saturated heterocycles. The number of carbonyl (C=O) groups excluding carboxylic acids is 1. The van der Waals surface area contributed by atoms with Crippen LogP contribution >= 0.6 is 11.8 Å². The summed E-state index contributed by atoms with van der Waals surface area (Å²) in [5.74, 6) is -1.58. The molecule has 0 fully saturated rings. The van der Waals surface area contributed by atoms with Crippen molar-refractivity contribution in [2.45, 2.75) is 54.6 Å². The van der Waals surface area contributed by atoms with Crippen LogP contribution in [0.4, 0.5) is 8.78 Å². The van der Waals surface area contributed by atoms with E-state index in [2.05, 4.69) is 0 Å². The number of halogens is 2. The van der Waals surface area contributed by atoms with E-state index in [-0.39, 0.29) is 30.6 Å². The molecule has 35 heavy (non-hydrogen) atoms. The minimum absolute atomic E-state index is 0.0267. The molecule has 5 nitrogen and oxygen atoms in total. The zero-order chi connectivity index (χ0) is 25.5. The van der Waals surface area contributed by atoms with Gasteiger partial charge >= 0.3 is 0 Å². The Labute approximate surface area is 207 Å². The number of aliphatic carboxylic acids is 1. The normalized spacial score (nSPS) is 13.0. The molecule has 3 aromatic carbocycles.